The first-order chi connectivity index (χ1) is 12.9. The summed E-state index contributed by atoms with van der Waals surface area (Å²) in [6, 6.07) is 11.6. The standard InChI is InChI=1S/C21H26N4O2/c1-14-7-8-17(22)18(13-14)23-20(26)21(27)25-11-9-24(10-12-25)19-6-4-5-15(2)16(19)3/h4-8,13H,9-12,22H2,1-3H3,(H,23,26). The molecule has 1 fully saturated rings. The molecule has 3 rings (SSSR count). The number of amides is 2. The smallest absolute Gasteiger partial charge is 0.313 e. The summed E-state index contributed by atoms with van der Waals surface area (Å²) in [7, 11) is 0. The van der Waals surface area contributed by atoms with Crippen LogP contribution >= 0.6 is 0 Å². The summed E-state index contributed by atoms with van der Waals surface area (Å²) in [4.78, 5) is 28.7. The van der Waals surface area contributed by atoms with Crippen molar-refractivity contribution in [3.8, 4) is 0 Å². The molecule has 0 atom stereocenters. The number of hydrogen-bond donors (Lipinski definition) is 2. The summed E-state index contributed by atoms with van der Waals surface area (Å²) in [6.45, 7) is 8.56. The molecule has 0 aliphatic carbocycles. The second-order valence-corrected chi connectivity index (χ2v) is 7.04. The molecule has 2 amide bonds. The van der Waals surface area contributed by atoms with Gasteiger partial charge in [-0.1, -0.05) is 18.2 Å². The normalized spacial score (nSPS) is 14.2. The average Bonchev–Trinajstić information content (AvgIpc) is 2.66. The third kappa shape index (κ3) is 4.05. The van der Waals surface area contributed by atoms with Gasteiger partial charge in [-0.2, -0.15) is 0 Å². The summed E-state index contributed by atoms with van der Waals surface area (Å²) in [5.74, 6) is -1.16. The van der Waals surface area contributed by atoms with Crippen molar-refractivity contribution >= 4 is 28.9 Å². The van der Waals surface area contributed by atoms with Crippen LogP contribution in [0.3, 0.4) is 0 Å². The van der Waals surface area contributed by atoms with Crippen LogP contribution in [0.5, 0.6) is 0 Å². The number of nitrogens with one attached hydrogen (secondary N) is 1. The van der Waals surface area contributed by atoms with E-state index in [0.717, 1.165) is 5.56 Å². The number of anilines is 3. The van der Waals surface area contributed by atoms with E-state index in [4.69, 9.17) is 5.73 Å². The number of aryl methyl sites for hydroxylation is 2. The third-order valence-electron chi connectivity index (χ3n) is 5.13. The lowest BCUT2D eigenvalue weighted by Crippen LogP contribution is -2.51. The van der Waals surface area contributed by atoms with Crippen molar-refractivity contribution < 1.29 is 9.59 Å². The Kier molecular flexibility index (Phi) is 5.35. The fourth-order valence-corrected chi connectivity index (χ4v) is 3.33. The Morgan fingerprint density at radius 1 is 1.00 bits per heavy atom. The van der Waals surface area contributed by atoms with Crippen LogP contribution in [0.15, 0.2) is 36.4 Å². The Morgan fingerprint density at radius 2 is 1.70 bits per heavy atom. The van der Waals surface area contributed by atoms with Crippen molar-refractivity contribution in [2.24, 2.45) is 0 Å². The highest BCUT2D eigenvalue weighted by Gasteiger charge is 2.27. The largest absolute Gasteiger partial charge is 0.397 e. The first-order valence-electron chi connectivity index (χ1n) is 9.14. The van der Waals surface area contributed by atoms with E-state index in [2.05, 4.69) is 42.3 Å². The fraction of sp³-hybridized carbons (Fsp3) is 0.333. The number of rotatable bonds is 2. The Labute approximate surface area is 159 Å². The number of carbonyl (C=O) groups excluding carboxylic acids is 2. The summed E-state index contributed by atoms with van der Waals surface area (Å²) in [5.41, 5.74) is 11.5. The quantitative estimate of drug-likeness (QED) is 0.632. The van der Waals surface area contributed by atoms with Gasteiger partial charge in [0.15, 0.2) is 0 Å². The van der Waals surface area contributed by atoms with E-state index in [1.54, 1.807) is 17.0 Å². The SMILES string of the molecule is Cc1ccc(N)c(NC(=O)C(=O)N2CCN(c3cccc(C)c3C)CC2)c1. The lowest BCUT2D eigenvalue weighted by atomic mass is 10.1. The molecule has 0 saturated carbocycles. The Morgan fingerprint density at radius 3 is 2.41 bits per heavy atom. The van der Waals surface area contributed by atoms with Crippen LogP contribution in [0.25, 0.3) is 0 Å². The van der Waals surface area contributed by atoms with Crippen molar-refractivity contribution in [2.45, 2.75) is 20.8 Å². The van der Waals surface area contributed by atoms with E-state index in [1.165, 1.54) is 16.8 Å². The van der Waals surface area contributed by atoms with E-state index in [0.29, 0.717) is 37.6 Å². The Bertz CT molecular complexity index is 870. The molecule has 27 heavy (non-hydrogen) atoms. The Balaban J connectivity index is 1.62. The molecular weight excluding hydrogens is 340 g/mol. The molecule has 142 valence electrons. The van der Waals surface area contributed by atoms with Crippen molar-refractivity contribution in [2.75, 3.05) is 42.1 Å². The minimum absolute atomic E-state index is 0.446. The maximum absolute atomic E-state index is 12.5. The van der Waals surface area contributed by atoms with Crippen LogP contribution in [-0.4, -0.2) is 42.9 Å². The van der Waals surface area contributed by atoms with Crippen molar-refractivity contribution in [3.05, 3.63) is 53.1 Å². The van der Waals surface area contributed by atoms with Crippen molar-refractivity contribution in [1.82, 2.24) is 4.90 Å². The highest BCUT2D eigenvalue weighted by atomic mass is 16.2. The number of carbonyl (C=O) groups is 2. The summed E-state index contributed by atoms with van der Waals surface area (Å²) < 4.78 is 0. The van der Waals surface area contributed by atoms with E-state index in [-0.39, 0.29) is 0 Å². The van der Waals surface area contributed by atoms with Gasteiger partial charge in [0, 0.05) is 31.9 Å². The van der Waals surface area contributed by atoms with Crippen molar-refractivity contribution in [1.29, 1.82) is 0 Å². The lowest BCUT2D eigenvalue weighted by molar-refractivity contribution is -0.143. The Hall–Kier alpha value is -3.02. The number of hydrogen-bond acceptors (Lipinski definition) is 4. The van der Waals surface area contributed by atoms with Gasteiger partial charge in [-0.15, -0.1) is 0 Å². The molecule has 1 heterocycles. The lowest BCUT2D eigenvalue weighted by Gasteiger charge is -2.36. The molecule has 6 heteroatoms. The topological polar surface area (TPSA) is 78.7 Å². The summed E-state index contributed by atoms with van der Waals surface area (Å²) in [6.07, 6.45) is 0. The first kappa shape index (κ1) is 18.8. The predicted molar refractivity (Wildman–Crippen MR) is 109 cm³/mol. The maximum atomic E-state index is 12.5. The molecule has 0 unspecified atom stereocenters. The van der Waals surface area contributed by atoms with Gasteiger partial charge in [-0.3, -0.25) is 9.59 Å². The van der Waals surface area contributed by atoms with Crippen molar-refractivity contribution in [3.63, 3.8) is 0 Å². The third-order valence-corrected chi connectivity index (χ3v) is 5.13. The maximum Gasteiger partial charge on any atom is 0.313 e. The average molecular weight is 366 g/mol. The van der Waals surface area contributed by atoms with Gasteiger partial charge in [0.05, 0.1) is 11.4 Å². The van der Waals surface area contributed by atoms with Crippen LogP contribution in [0.1, 0.15) is 16.7 Å². The molecule has 2 aromatic carbocycles. The van der Waals surface area contributed by atoms with Crippen LogP contribution in [0.2, 0.25) is 0 Å². The van der Waals surface area contributed by atoms with E-state index in [1.807, 2.05) is 13.0 Å². The van der Waals surface area contributed by atoms with Gasteiger partial charge in [0.2, 0.25) is 0 Å². The number of benzene rings is 2. The highest BCUT2D eigenvalue weighted by molar-refractivity contribution is 6.39. The molecule has 3 N–H and O–H groups in total. The van der Waals surface area contributed by atoms with Gasteiger partial charge in [0.25, 0.3) is 0 Å². The minimum Gasteiger partial charge on any atom is -0.397 e. The van der Waals surface area contributed by atoms with E-state index < -0.39 is 11.8 Å². The number of piperazine rings is 1. The second-order valence-electron chi connectivity index (χ2n) is 7.04. The molecule has 2 aromatic rings. The van der Waals surface area contributed by atoms with Crippen LogP contribution < -0.4 is 16.0 Å². The van der Waals surface area contributed by atoms with E-state index >= 15 is 0 Å². The zero-order valence-electron chi connectivity index (χ0n) is 16.1. The van der Waals surface area contributed by atoms with Gasteiger partial charge in [0.1, 0.15) is 0 Å². The zero-order valence-corrected chi connectivity index (χ0v) is 16.1. The predicted octanol–water partition coefficient (Wildman–Crippen LogP) is 2.48. The molecule has 1 aliphatic rings. The number of nitrogens with zero attached hydrogens (tertiary/aromatic N) is 2. The summed E-state index contributed by atoms with van der Waals surface area (Å²) in [5, 5.41) is 2.64. The monoisotopic (exact) mass is 366 g/mol. The second kappa shape index (κ2) is 7.70. The van der Waals surface area contributed by atoms with Gasteiger partial charge in [-0.25, -0.2) is 0 Å². The van der Waals surface area contributed by atoms with Gasteiger partial charge >= 0.3 is 11.8 Å². The van der Waals surface area contributed by atoms with Gasteiger partial charge in [-0.05, 0) is 55.7 Å². The van der Waals surface area contributed by atoms with Gasteiger partial charge < -0.3 is 20.9 Å². The molecule has 1 aliphatic heterocycles. The zero-order chi connectivity index (χ0) is 19.6. The minimum atomic E-state index is -0.646. The number of nitrogen functional groups attached to an aromatic ring is 1. The molecule has 0 spiro atoms. The molecule has 0 radical (unpaired) electrons. The molecular formula is C21H26N4O2. The van der Waals surface area contributed by atoms with E-state index in [9.17, 15) is 9.59 Å². The van der Waals surface area contributed by atoms with Crippen LogP contribution in [0.4, 0.5) is 17.1 Å². The first-order valence-corrected chi connectivity index (χ1v) is 9.14. The molecule has 6 nitrogen and oxygen atoms in total. The molecule has 0 bridgehead atoms. The van der Waals surface area contributed by atoms with Crippen LogP contribution in [-0.2, 0) is 9.59 Å². The molecule has 1 saturated heterocycles. The molecule has 0 aromatic heterocycles. The number of nitrogens with two attached hydrogens (primary N) is 1. The highest BCUT2D eigenvalue weighted by Crippen LogP contribution is 2.24. The van der Waals surface area contributed by atoms with Crippen LogP contribution in [0, 0.1) is 20.8 Å². The summed E-state index contributed by atoms with van der Waals surface area (Å²) >= 11 is 0. The fourth-order valence-electron chi connectivity index (χ4n) is 3.33.